The third kappa shape index (κ3) is 6.35. The first-order chi connectivity index (χ1) is 11.9. The second-order valence-corrected chi connectivity index (χ2v) is 7.34. The molecule has 0 bridgehead atoms. The highest BCUT2D eigenvalue weighted by Crippen LogP contribution is 2.17. The van der Waals surface area contributed by atoms with E-state index in [4.69, 9.17) is 18.3 Å². The van der Waals surface area contributed by atoms with Crippen molar-refractivity contribution in [3.05, 3.63) is 60.7 Å². The Bertz CT molecular complexity index is 533. The summed E-state index contributed by atoms with van der Waals surface area (Å²) in [7, 11) is -1.42. The summed E-state index contributed by atoms with van der Waals surface area (Å²) in [5.74, 6) is 1.73. The van der Waals surface area contributed by atoms with E-state index >= 15 is 0 Å². The van der Waals surface area contributed by atoms with Crippen LogP contribution in [0.25, 0.3) is 0 Å². The highest BCUT2D eigenvalue weighted by Gasteiger charge is 2.23. The molecule has 1 atom stereocenters. The molecule has 1 unspecified atom stereocenters. The van der Waals surface area contributed by atoms with Crippen molar-refractivity contribution in [1.29, 1.82) is 0 Å². The number of epoxide rings is 1. The van der Waals surface area contributed by atoms with E-state index in [9.17, 15) is 0 Å². The lowest BCUT2D eigenvalue weighted by molar-refractivity contribution is 0.114. The molecule has 0 N–H and O–H groups in total. The van der Waals surface area contributed by atoms with Gasteiger partial charge >= 0.3 is 9.28 Å². The average molecular weight is 343 g/mol. The average Bonchev–Trinajstić information content (AvgIpc) is 3.44. The fourth-order valence-corrected chi connectivity index (χ4v) is 3.80. The van der Waals surface area contributed by atoms with Crippen LogP contribution in [0.3, 0.4) is 0 Å². The van der Waals surface area contributed by atoms with Crippen LogP contribution in [0, 0.1) is 0 Å². The highest BCUT2D eigenvalue weighted by atomic mass is 28.3. The Balaban J connectivity index is 1.45. The summed E-state index contributed by atoms with van der Waals surface area (Å²) in [4.78, 5) is 0. The number of benzene rings is 2. The lowest BCUT2D eigenvalue weighted by Gasteiger charge is -2.17. The molecule has 0 aromatic heterocycles. The molecular formula is C19H23O4Si. The maximum absolute atomic E-state index is 6.09. The fourth-order valence-electron chi connectivity index (χ4n) is 2.22. The van der Waals surface area contributed by atoms with E-state index in [-0.39, 0.29) is 0 Å². The van der Waals surface area contributed by atoms with E-state index in [2.05, 4.69) is 0 Å². The van der Waals surface area contributed by atoms with E-state index in [0.29, 0.717) is 6.10 Å². The van der Waals surface area contributed by atoms with Gasteiger partial charge in [-0.2, -0.15) is 0 Å². The van der Waals surface area contributed by atoms with Gasteiger partial charge in [-0.25, -0.2) is 0 Å². The zero-order valence-corrected chi connectivity index (χ0v) is 14.7. The molecule has 1 radical (unpaired) electrons. The minimum absolute atomic E-state index is 0.340. The third-order valence-corrected chi connectivity index (χ3v) is 5.26. The van der Waals surface area contributed by atoms with Crippen molar-refractivity contribution in [2.75, 3.05) is 19.8 Å². The third-order valence-electron chi connectivity index (χ3n) is 3.58. The summed E-state index contributed by atoms with van der Waals surface area (Å²) in [5.41, 5.74) is 0. The Labute approximate surface area is 145 Å². The standard InChI is InChI=1S/C19H23O4Si/c1-3-9-17(10-4-1)22-24(23-18-11-5-2-6-12-18)14-8-7-13-20-15-19-16-21-19/h1-6,9-12,19H,7-8,13-16H2. The lowest BCUT2D eigenvalue weighted by atomic mass is 10.3. The largest absolute Gasteiger partial charge is 0.532 e. The first-order valence-electron chi connectivity index (χ1n) is 8.41. The first kappa shape index (κ1) is 17.0. The van der Waals surface area contributed by atoms with Crippen LogP contribution in [-0.4, -0.2) is 35.2 Å². The van der Waals surface area contributed by atoms with Gasteiger partial charge in [0.1, 0.15) is 17.6 Å². The summed E-state index contributed by atoms with van der Waals surface area (Å²) >= 11 is 0. The second-order valence-electron chi connectivity index (χ2n) is 5.69. The zero-order chi connectivity index (χ0) is 16.5. The highest BCUT2D eigenvalue weighted by molar-refractivity contribution is 6.46. The summed E-state index contributed by atoms with van der Waals surface area (Å²) in [6.07, 6.45) is 2.38. The van der Waals surface area contributed by atoms with Gasteiger partial charge in [0.15, 0.2) is 0 Å². The summed E-state index contributed by atoms with van der Waals surface area (Å²) < 4.78 is 22.9. The second kappa shape index (κ2) is 9.47. The molecule has 0 saturated carbocycles. The van der Waals surface area contributed by atoms with Crippen LogP contribution in [0.1, 0.15) is 12.8 Å². The molecule has 5 heteroatoms. The predicted octanol–water partition coefficient (Wildman–Crippen LogP) is 3.83. The van der Waals surface area contributed by atoms with Crippen LogP contribution in [0.15, 0.2) is 60.7 Å². The van der Waals surface area contributed by atoms with E-state index in [1.165, 1.54) is 0 Å². The Morgan fingerprint density at radius 2 is 1.46 bits per heavy atom. The van der Waals surface area contributed by atoms with Gasteiger partial charge in [0.05, 0.1) is 13.2 Å². The van der Waals surface area contributed by atoms with Crippen LogP contribution < -0.4 is 8.85 Å². The van der Waals surface area contributed by atoms with Gasteiger partial charge in [-0.05, 0) is 37.1 Å². The molecule has 24 heavy (non-hydrogen) atoms. The summed E-state index contributed by atoms with van der Waals surface area (Å²) in [6.45, 7) is 2.34. The maximum atomic E-state index is 6.09. The molecule has 1 fully saturated rings. The number of hydrogen-bond donors (Lipinski definition) is 0. The van der Waals surface area contributed by atoms with E-state index in [1.54, 1.807) is 0 Å². The van der Waals surface area contributed by atoms with Crippen molar-refractivity contribution in [2.24, 2.45) is 0 Å². The molecule has 1 aliphatic heterocycles. The number of para-hydroxylation sites is 2. The van der Waals surface area contributed by atoms with Gasteiger partial charge in [0, 0.05) is 12.7 Å². The van der Waals surface area contributed by atoms with Gasteiger partial charge in [-0.15, -0.1) is 0 Å². The summed E-state index contributed by atoms with van der Waals surface area (Å²) in [5, 5.41) is 0. The molecule has 2 aromatic rings. The smallest absolute Gasteiger partial charge is 0.510 e. The SMILES string of the molecule is c1ccc(O[Si](CCCCOCC2CO2)Oc2ccccc2)cc1. The molecule has 3 rings (SSSR count). The van der Waals surface area contributed by atoms with Gasteiger partial charge in [-0.3, -0.25) is 0 Å². The Hall–Kier alpha value is -1.82. The zero-order valence-electron chi connectivity index (χ0n) is 13.7. The van der Waals surface area contributed by atoms with E-state index < -0.39 is 9.28 Å². The molecule has 0 aliphatic carbocycles. The van der Waals surface area contributed by atoms with Crippen LogP contribution in [-0.2, 0) is 9.47 Å². The molecule has 0 amide bonds. The molecule has 1 aliphatic rings. The van der Waals surface area contributed by atoms with Crippen molar-refractivity contribution in [3.63, 3.8) is 0 Å². The van der Waals surface area contributed by atoms with Gasteiger partial charge < -0.3 is 18.3 Å². The molecule has 1 saturated heterocycles. The van der Waals surface area contributed by atoms with Crippen LogP contribution in [0.4, 0.5) is 0 Å². The number of rotatable bonds is 11. The van der Waals surface area contributed by atoms with Crippen molar-refractivity contribution in [2.45, 2.75) is 25.0 Å². The predicted molar refractivity (Wildman–Crippen MR) is 94.5 cm³/mol. The Morgan fingerprint density at radius 3 is 2.00 bits per heavy atom. The van der Waals surface area contributed by atoms with E-state index in [1.807, 2.05) is 60.7 Å². The molecule has 1 heterocycles. The van der Waals surface area contributed by atoms with Crippen molar-refractivity contribution >= 4 is 9.28 Å². The van der Waals surface area contributed by atoms with Crippen molar-refractivity contribution < 1.29 is 18.3 Å². The van der Waals surface area contributed by atoms with E-state index in [0.717, 1.165) is 50.2 Å². The van der Waals surface area contributed by atoms with Gasteiger partial charge in [-0.1, -0.05) is 36.4 Å². The van der Waals surface area contributed by atoms with Gasteiger partial charge in [0.25, 0.3) is 0 Å². The number of unbranched alkanes of at least 4 members (excludes halogenated alkanes) is 1. The van der Waals surface area contributed by atoms with Crippen LogP contribution in [0.5, 0.6) is 11.5 Å². The minimum atomic E-state index is -1.42. The molecule has 0 spiro atoms. The van der Waals surface area contributed by atoms with Gasteiger partial charge in [0.2, 0.25) is 0 Å². The Morgan fingerprint density at radius 1 is 0.875 bits per heavy atom. The monoisotopic (exact) mass is 343 g/mol. The van der Waals surface area contributed by atoms with Crippen LogP contribution in [0.2, 0.25) is 6.04 Å². The lowest BCUT2D eigenvalue weighted by Crippen LogP contribution is -2.29. The molecule has 127 valence electrons. The maximum Gasteiger partial charge on any atom is 0.532 e. The minimum Gasteiger partial charge on any atom is -0.510 e. The number of hydrogen-bond acceptors (Lipinski definition) is 4. The molecule has 2 aromatic carbocycles. The number of ether oxygens (including phenoxy) is 2. The Kier molecular flexibility index (Phi) is 6.71. The van der Waals surface area contributed by atoms with Crippen molar-refractivity contribution in [3.8, 4) is 11.5 Å². The summed E-state index contributed by atoms with van der Waals surface area (Å²) in [6, 6.07) is 20.7. The van der Waals surface area contributed by atoms with Crippen LogP contribution >= 0.6 is 0 Å². The fraction of sp³-hybridized carbons (Fsp3) is 0.368. The topological polar surface area (TPSA) is 40.2 Å². The molecular weight excluding hydrogens is 320 g/mol. The van der Waals surface area contributed by atoms with Crippen molar-refractivity contribution in [1.82, 2.24) is 0 Å². The molecule has 4 nitrogen and oxygen atoms in total. The quantitative estimate of drug-likeness (QED) is 0.353. The normalized spacial score (nSPS) is 16.1. The first-order valence-corrected chi connectivity index (χ1v) is 9.93.